The van der Waals surface area contributed by atoms with Crippen LogP contribution < -0.4 is 14.8 Å². The van der Waals surface area contributed by atoms with Crippen molar-refractivity contribution in [1.29, 1.82) is 0 Å². The molecule has 0 aliphatic carbocycles. The zero-order valence-corrected chi connectivity index (χ0v) is 20.0. The molecule has 0 atom stereocenters. The Morgan fingerprint density at radius 1 is 0.833 bits per heavy atom. The molecule has 1 amide bonds. The molecule has 0 saturated carbocycles. The number of sulfonamides is 1. The average molecular weight is 499 g/mol. The van der Waals surface area contributed by atoms with Crippen molar-refractivity contribution in [3.63, 3.8) is 0 Å². The van der Waals surface area contributed by atoms with E-state index in [4.69, 9.17) is 4.74 Å². The molecule has 0 spiro atoms. The monoisotopic (exact) mass is 498 g/mol. The standard InChI is InChI=1S/C27H22N4O4S/c1-35-18-14-16-19(17-15-18)36(33,34)31-23-11-5-3-9-21(23)27(32)30-22-10-4-2-8-20(22)26-28-24-12-6-7-13-25(24)29-26/h2-17,31H,1H3,(H,28,29)(H,30,32). The number of carbonyl (C=O) groups excluding carboxylic acids is 1. The molecular formula is C27H22N4O4S. The van der Waals surface area contributed by atoms with Gasteiger partial charge in [-0.05, 0) is 60.7 Å². The largest absolute Gasteiger partial charge is 0.497 e. The summed E-state index contributed by atoms with van der Waals surface area (Å²) in [7, 11) is -2.43. The fourth-order valence-electron chi connectivity index (χ4n) is 3.80. The van der Waals surface area contributed by atoms with Crippen molar-refractivity contribution in [2.75, 3.05) is 17.1 Å². The Kier molecular flexibility index (Phi) is 6.14. The molecule has 0 aliphatic rings. The summed E-state index contributed by atoms with van der Waals surface area (Å²) in [6.45, 7) is 0. The Morgan fingerprint density at radius 3 is 2.25 bits per heavy atom. The summed E-state index contributed by atoms with van der Waals surface area (Å²) in [5.74, 6) is 0.684. The number of benzene rings is 4. The molecule has 9 heteroatoms. The van der Waals surface area contributed by atoms with Gasteiger partial charge in [0, 0.05) is 5.56 Å². The second kappa shape index (κ2) is 9.55. The number of H-pyrrole nitrogens is 1. The lowest BCUT2D eigenvalue weighted by Crippen LogP contribution is -2.19. The third-order valence-electron chi connectivity index (χ3n) is 5.61. The van der Waals surface area contributed by atoms with E-state index in [1.807, 2.05) is 36.4 Å². The third-order valence-corrected chi connectivity index (χ3v) is 6.99. The maximum atomic E-state index is 13.3. The fraction of sp³-hybridized carbons (Fsp3) is 0.0370. The summed E-state index contributed by atoms with van der Waals surface area (Å²) in [6, 6.07) is 27.4. The molecule has 36 heavy (non-hydrogen) atoms. The van der Waals surface area contributed by atoms with Crippen molar-refractivity contribution in [2.24, 2.45) is 0 Å². The number of fused-ring (bicyclic) bond motifs is 1. The number of imidazole rings is 1. The van der Waals surface area contributed by atoms with Gasteiger partial charge in [-0.1, -0.05) is 36.4 Å². The molecule has 5 aromatic rings. The smallest absolute Gasteiger partial charge is 0.261 e. The lowest BCUT2D eigenvalue weighted by molar-refractivity contribution is 0.102. The van der Waals surface area contributed by atoms with Gasteiger partial charge in [-0.25, -0.2) is 13.4 Å². The summed E-state index contributed by atoms with van der Waals surface area (Å²) in [4.78, 5) is 21.3. The van der Waals surface area contributed by atoms with Gasteiger partial charge in [0.05, 0.1) is 40.0 Å². The van der Waals surface area contributed by atoms with Gasteiger partial charge in [0.25, 0.3) is 15.9 Å². The number of amides is 1. The molecule has 4 aromatic carbocycles. The van der Waals surface area contributed by atoms with E-state index >= 15 is 0 Å². The quantitative estimate of drug-likeness (QED) is 0.282. The second-order valence-corrected chi connectivity index (χ2v) is 9.61. The van der Waals surface area contributed by atoms with Crippen molar-refractivity contribution in [2.45, 2.75) is 4.90 Å². The van der Waals surface area contributed by atoms with E-state index < -0.39 is 15.9 Å². The molecule has 0 aliphatic heterocycles. The summed E-state index contributed by atoms with van der Waals surface area (Å²) >= 11 is 0. The summed E-state index contributed by atoms with van der Waals surface area (Å²) in [6.07, 6.45) is 0. The number of anilines is 2. The molecule has 0 radical (unpaired) electrons. The van der Waals surface area contributed by atoms with E-state index in [-0.39, 0.29) is 16.1 Å². The molecule has 5 rings (SSSR count). The number of methoxy groups -OCH3 is 1. The summed E-state index contributed by atoms with van der Waals surface area (Å²) in [5.41, 5.74) is 3.27. The van der Waals surface area contributed by atoms with Gasteiger partial charge >= 0.3 is 0 Å². The summed E-state index contributed by atoms with van der Waals surface area (Å²) < 4.78 is 33.5. The first-order chi connectivity index (χ1) is 17.4. The minimum atomic E-state index is -3.93. The van der Waals surface area contributed by atoms with E-state index in [1.165, 1.54) is 19.2 Å². The van der Waals surface area contributed by atoms with Crippen LogP contribution in [0.2, 0.25) is 0 Å². The van der Waals surface area contributed by atoms with Gasteiger partial charge in [0.15, 0.2) is 0 Å². The van der Waals surface area contributed by atoms with E-state index in [0.717, 1.165) is 11.0 Å². The number of hydrogen-bond acceptors (Lipinski definition) is 5. The van der Waals surface area contributed by atoms with Crippen LogP contribution in [0, 0.1) is 0 Å². The van der Waals surface area contributed by atoms with Crippen LogP contribution in [0.15, 0.2) is 102 Å². The molecule has 0 unspecified atom stereocenters. The number of para-hydroxylation sites is 4. The Balaban J connectivity index is 1.43. The van der Waals surface area contributed by atoms with Crippen molar-refractivity contribution in [3.05, 3.63) is 103 Å². The molecule has 1 heterocycles. The lowest BCUT2D eigenvalue weighted by atomic mass is 10.1. The first-order valence-corrected chi connectivity index (χ1v) is 12.5. The predicted molar refractivity (Wildman–Crippen MR) is 140 cm³/mol. The Hall–Kier alpha value is -4.63. The average Bonchev–Trinajstić information content (AvgIpc) is 3.33. The fourth-order valence-corrected chi connectivity index (χ4v) is 4.88. The van der Waals surface area contributed by atoms with Gasteiger partial charge in [0.1, 0.15) is 11.6 Å². The highest BCUT2D eigenvalue weighted by atomic mass is 32.2. The number of ether oxygens (including phenoxy) is 1. The van der Waals surface area contributed by atoms with Crippen molar-refractivity contribution >= 4 is 38.3 Å². The van der Waals surface area contributed by atoms with Gasteiger partial charge in [-0.15, -0.1) is 0 Å². The van der Waals surface area contributed by atoms with Gasteiger partial charge < -0.3 is 15.0 Å². The first kappa shape index (κ1) is 23.1. The molecule has 8 nitrogen and oxygen atoms in total. The SMILES string of the molecule is COc1ccc(S(=O)(=O)Nc2ccccc2C(=O)Nc2ccccc2-c2nc3ccccc3[nH]2)cc1. The molecule has 1 aromatic heterocycles. The number of aromatic amines is 1. The second-order valence-electron chi connectivity index (χ2n) is 7.93. The third kappa shape index (κ3) is 4.64. The Morgan fingerprint density at radius 2 is 1.50 bits per heavy atom. The number of hydrogen-bond donors (Lipinski definition) is 3. The first-order valence-electron chi connectivity index (χ1n) is 11.1. The van der Waals surface area contributed by atoms with Crippen LogP contribution in [0.1, 0.15) is 10.4 Å². The zero-order valence-electron chi connectivity index (χ0n) is 19.2. The maximum absolute atomic E-state index is 13.3. The van der Waals surface area contributed by atoms with Crippen LogP contribution in [0.4, 0.5) is 11.4 Å². The van der Waals surface area contributed by atoms with Crippen LogP contribution in [0.3, 0.4) is 0 Å². The van der Waals surface area contributed by atoms with Crippen LogP contribution in [0.25, 0.3) is 22.4 Å². The van der Waals surface area contributed by atoms with E-state index in [9.17, 15) is 13.2 Å². The van der Waals surface area contributed by atoms with E-state index in [1.54, 1.807) is 48.5 Å². The number of carbonyl (C=O) groups is 1. The number of nitrogens with one attached hydrogen (secondary N) is 3. The number of aromatic nitrogens is 2. The van der Waals surface area contributed by atoms with Gasteiger partial charge in [-0.3, -0.25) is 9.52 Å². The highest BCUT2D eigenvalue weighted by Crippen LogP contribution is 2.29. The topological polar surface area (TPSA) is 113 Å². The highest BCUT2D eigenvalue weighted by molar-refractivity contribution is 7.92. The van der Waals surface area contributed by atoms with Gasteiger partial charge in [0.2, 0.25) is 0 Å². The maximum Gasteiger partial charge on any atom is 0.261 e. The minimum Gasteiger partial charge on any atom is -0.497 e. The van der Waals surface area contributed by atoms with Crippen LogP contribution in [-0.4, -0.2) is 31.4 Å². The molecule has 3 N–H and O–H groups in total. The van der Waals surface area contributed by atoms with Crippen LogP contribution >= 0.6 is 0 Å². The summed E-state index contributed by atoms with van der Waals surface area (Å²) in [5, 5.41) is 2.90. The molecular weight excluding hydrogens is 476 g/mol. The minimum absolute atomic E-state index is 0.0498. The molecule has 0 saturated heterocycles. The van der Waals surface area contributed by atoms with Crippen molar-refractivity contribution in [1.82, 2.24) is 9.97 Å². The Labute approximate surface area is 208 Å². The van der Waals surface area contributed by atoms with E-state index in [2.05, 4.69) is 20.0 Å². The highest BCUT2D eigenvalue weighted by Gasteiger charge is 2.20. The van der Waals surface area contributed by atoms with Crippen molar-refractivity contribution in [3.8, 4) is 17.1 Å². The molecule has 180 valence electrons. The predicted octanol–water partition coefficient (Wildman–Crippen LogP) is 5.29. The Bertz CT molecular complexity index is 1630. The number of nitrogens with zero attached hydrogens (tertiary/aromatic N) is 1. The number of rotatable bonds is 7. The molecule has 0 fully saturated rings. The van der Waals surface area contributed by atoms with Gasteiger partial charge in [-0.2, -0.15) is 0 Å². The van der Waals surface area contributed by atoms with Crippen LogP contribution in [-0.2, 0) is 10.0 Å². The zero-order chi connectivity index (χ0) is 25.1. The molecule has 0 bridgehead atoms. The normalized spacial score (nSPS) is 11.2. The lowest BCUT2D eigenvalue weighted by Gasteiger charge is -2.14. The van der Waals surface area contributed by atoms with Crippen molar-refractivity contribution < 1.29 is 17.9 Å². The van der Waals surface area contributed by atoms with Crippen LogP contribution in [0.5, 0.6) is 5.75 Å². The van der Waals surface area contributed by atoms with E-state index in [0.29, 0.717) is 22.8 Å².